The zero-order chi connectivity index (χ0) is 10.1. The van der Waals surface area contributed by atoms with Gasteiger partial charge in [0.15, 0.2) is 0 Å². The molecule has 0 saturated heterocycles. The van der Waals surface area contributed by atoms with Gasteiger partial charge < -0.3 is 5.32 Å². The number of fused-ring (bicyclic) bond motifs is 1. The van der Waals surface area contributed by atoms with E-state index < -0.39 is 0 Å². The first-order valence-corrected chi connectivity index (χ1v) is 5.21. The molecule has 2 nitrogen and oxygen atoms in total. The summed E-state index contributed by atoms with van der Waals surface area (Å²) in [5, 5.41) is 3.39. The minimum Gasteiger partial charge on any atom is -0.384 e. The lowest BCUT2D eigenvalue weighted by Crippen LogP contribution is -1.90. The van der Waals surface area contributed by atoms with Crippen molar-refractivity contribution in [3.63, 3.8) is 0 Å². The molecule has 1 N–H and O–H groups in total. The summed E-state index contributed by atoms with van der Waals surface area (Å²) in [4.78, 5) is 4.05. The van der Waals surface area contributed by atoms with Crippen molar-refractivity contribution in [2.24, 2.45) is 0 Å². The second-order valence-electron chi connectivity index (χ2n) is 3.74. The molecule has 2 heteroatoms. The van der Waals surface area contributed by atoms with Crippen LogP contribution >= 0.6 is 0 Å². The summed E-state index contributed by atoms with van der Waals surface area (Å²) >= 11 is 0. The summed E-state index contributed by atoms with van der Waals surface area (Å²) < 4.78 is 0. The Labute approximate surface area is 89.0 Å². The van der Waals surface area contributed by atoms with Gasteiger partial charge in [-0.1, -0.05) is 12.1 Å². The van der Waals surface area contributed by atoms with Crippen molar-refractivity contribution < 1.29 is 0 Å². The van der Waals surface area contributed by atoms with Crippen LogP contribution in [0, 0.1) is 0 Å². The minimum absolute atomic E-state index is 1.05. The van der Waals surface area contributed by atoms with E-state index in [4.69, 9.17) is 0 Å². The second-order valence-corrected chi connectivity index (χ2v) is 3.74. The van der Waals surface area contributed by atoms with Gasteiger partial charge in [0.25, 0.3) is 0 Å². The van der Waals surface area contributed by atoms with Gasteiger partial charge in [-0.05, 0) is 41.3 Å². The SMILES string of the molecule is c1cc2c(c(-c3ccncc3)c1)CCN2. The number of benzene rings is 1. The van der Waals surface area contributed by atoms with Gasteiger partial charge in [0, 0.05) is 24.6 Å². The fraction of sp³-hybridized carbons (Fsp3) is 0.154. The summed E-state index contributed by atoms with van der Waals surface area (Å²) in [5.74, 6) is 0. The van der Waals surface area contributed by atoms with E-state index in [1.54, 1.807) is 0 Å². The number of rotatable bonds is 1. The molecular formula is C13H12N2. The Morgan fingerprint density at radius 2 is 1.93 bits per heavy atom. The van der Waals surface area contributed by atoms with Crippen LogP contribution in [0.25, 0.3) is 11.1 Å². The van der Waals surface area contributed by atoms with Crippen LogP contribution in [0.3, 0.4) is 0 Å². The molecule has 2 aromatic rings. The molecule has 15 heavy (non-hydrogen) atoms. The van der Waals surface area contributed by atoms with Crippen LogP contribution in [0.4, 0.5) is 5.69 Å². The zero-order valence-electron chi connectivity index (χ0n) is 8.40. The highest BCUT2D eigenvalue weighted by atomic mass is 14.9. The van der Waals surface area contributed by atoms with Crippen molar-refractivity contribution in [1.29, 1.82) is 0 Å². The molecule has 0 aliphatic carbocycles. The van der Waals surface area contributed by atoms with E-state index in [9.17, 15) is 0 Å². The quantitative estimate of drug-likeness (QED) is 0.758. The van der Waals surface area contributed by atoms with E-state index in [0.29, 0.717) is 0 Å². The molecule has 1 aliphatic heterocycles. The number of nitrogens with zero attached hydrogens (tertiary/aromatic N) is 1. The monoisotopic (exact) mass is 196 g/mol. The predicted octanol–water partition coefficient (Wildman–Crippen LogP) is 2.72. The van der Waals surface area contributed by atoms with Crippen molar-refractivity contribution in [2.75, 3.05) is 11.9 Å². The lowest BCUT2D eigenvalue weighted by atomic mass is 9.99. The average Bonchev–Trinajstić information content (AvgIpc) is 2.78. The summed E-state index contributed by atoms with van der Waals surface area (Å²) in [6.07, 6.45) is 4.81. The molecular weight excluding hydrogens is 184 g/mol. The molecule has 0 fully saturated rings. The highest BCUT2D eigenvalue weighted by Crippen LogP contribution is 2.32. The highest BCUT2D eigenvalue weighted by molar-refractivity contribution is 5.75. The van der Waals surface area contributed by atoms with Crippen molar-refractivity contribution in [1.82, 2.24) is 4.98 Å². The topological polar surface area (TPSA) is 24.9 Å². The van der Waals surface area contributed by atoms with E-state index in [2.05, 4.69) is 40.6 Å². The van der Waals surface area contributed by atoms with E-state index in [0.717, 1.165) is 13.0 Å². The van der Waals surface area contributed by atoms with Crippen molar-refractivity contribution in [3.05, 3.63) is 48.3 Å². The highest BCUT2D eigenvalue weighted by Gasteiger charge is 2.14. The molecule has 0 radical (unpaired) electrons. The third-order valence-electron chi connectivity index (χ3n) is 2.86. The number of hydrogen-bond acceptors (Lipinski definition) is 2. The normalized spacial score (nSPS) is 13.3. The Morgan fingerprint density at radius 1 is 1.07 bits per heavy atom. The summed E-state index contributed by atoms with van der Waals surface area (Å²) in [5.41, 5.74) is 5.30. The number of hydrogen-bond donors (Lipinski definition) is 1. The second kappa shape index (κ2) is 3.39. The molecule has 0 spiro atoms. The van der Waals surface area contributed by atoms with Crippen LogP contribution in [-0.4, -0.2) is 11.5 Å². The van der Waals surface area contributed by atoms with Crippen LogP contribution in [-0.2, 0) is 6.42 Å². The fourth-order valence-corrected chi connectivity index (χ4v) is 2.15. The molecule has 3 rings (SSSR count). The Balaban J connectivity index is 2.17. The smallest absolute Gasteiger partial charge is 0.0379 e. The van der Waals surface area contributed by atoms with Crippen LogP contribution < -0.4 is 5.32 Å². The third kappa shape index (κ3) is 1.38. The lowest BCUT2D eigenvalue weighted by molar-refractivity contribution is 1.11. The molecule has 0 atom stereocenters. The predicted molar refractivity (Wildman–Crippen MR) is 61.9 cm³/mol. The number of aromatic nitrogens is 1. The average molecular weight is 196 g/mol. The van der Waals surface area contributed by atoms with Crippen molar-refractivity contribution in [2.45, 2.75) is 6.42 Å². The largest absolute Gasteiger partial charge is 0.384 e. The molecule has 1 aromatic carbocycles. The third-order valence-corrected chi connectivity index (χ3v) is 2.86. The van der Waals surface area contributed by atoms with Gasteiger partial charge >= 0.3 is 0 Å². The van der Waals surface area contributed by atoms with Gasteiger partial charge in [-0.3, -0.25) is 4.98 Å². The van der Waals surface area contributed by atoms with Gasteiger partial charge in [-0.25, -0.2) is 0 Å². The Bertz CT molecular complexity index is 477. The number of pyridine rings is 1. The zero-order valence-corrected chi connectivity index (χ0v) is 8.40. The maximum absolute atomic E-state index is 4.05. The maximum atomic E-state index is 4.05. The van der Waals surface area contributed by atoms with Gasteiger partial charge in [0.05, 0.1) is 0 Å². The number of nitrogens with one attached hydrogen (secondary N) is 1. The summed E-state index contributed by atoms with van der Waals surface area (Å²) in [6.45, 7) is 1.05. The fourth-order valence-electron chi connectivity index (χ4n) is 2.15. The van der Waals surface area contributed by atoms with E-state index in [1.807, 2.05) is 12.4 Å². The minimum atomic E-state index is 1.05. The van der Waals surface area contributed by atoms with Gasteiger partial charge in [0.2, 0.25) is 0 Å². The molecule has 0 unspecified atom stereocenters. The molecule has 2 heterocycles. The van der Waals surface area contributed by atoms with Gasteiger partial charge in [-0.15, -0.1) is 0 Å². The van der Waals surface area contributed by atoms with Crippen LogP contribution in [0.2, 0.25) is 0 Å². The number of anilines is 1. The molecule has 1 aromatic heterocycles. The molecule has 0 bridgehead atoms. The first-order chi connectivity index (χ1) is 7.45. The van der Waals surface area contributed by atoms with Gasteiger partial charge in [-0.2, -0.15) is 0 Å². The van der Waals surface area contributed by atoms with E-state index in [-0.39, 0.29) is 0 Å². The molecule has 0 amide bonds. The first kappa shape index (κ1) is 8.48. The Hall–Kier alpha value is -1.83. The molecule has 74 valence electrons. The molecule has 1 aliphatic rings. The van der Waals surface area contributed by atoms with Crippen LogP contribution in [0.15, 0.2) is 42.7 Å². The lowest BCUT2D eigenvalue weighted by Gasteiger charge is -2.07. The van der Waals surface area contributed by atoms with E-state index in [1.165, 1.54) is 22.4 Å². The van der Waals surface area contributed by atoms with Crippen molar-refractivity contribution in [3.8, 4) is 11.1 Å². The van der Waals surface area contributed by atoms with Crippen LogP contribution in [0.1, 0.15) is 5.56 Å². The first-order valence-electron chi connectivity index (χ1n) is 5.21. The Morgan fingerprint density at radius 3 is 2.80 bits per heavy atom. The summed E-state index contributed by atoms with van der Waals surface area (Å²) in [6, 6.07) is 10.6. The maximum Gasteiger partial charge on any atom is 0.0379 e. The Kier molecular flexibility index (Phi) is 1.91. The van der Waals surface area contributed by atoms with E-state index >= 15 is 0 Å². The van der Waals surface area contributed by atoms with Gasteiger partial charge in [0.1, 0.15) is 0 Å². The standard InChI is InChI=1S/C13H12N2/c1-2-11(10-4-7-14-8-5-10)12-6-9-15-13(12)3-1/h1-5,7-8,15H,6,9H2. The molecule has 0 saturated carbocycles. The van der Waals surface area contributed by atoms with Crippen molar-refractivity contribution >= 4 is 5.69 Å². The van der Waals surface area contributed by atoms with Crippen LogP contribution in [0.5, 0.6) is 0 Å². The summed E-state index contributed by atoms with van der Waals surface area (Å²) in [7, 11) is 0.